The molecule has 0 saturated carbocycles. The van der Waals surface area contributed by atoms with Crippen LogP contribution in [0.1, 0.15) is 11.1 Å². The zero-order valence-corrected chi connectivity index (χ0v) is 17.4. The molecule has 0 saturated heterocycles. The van der Waals surface area contributed by atoms with Crippen LogP contribution in [-0.4, -0.2) is 12.1 Å². The van der Waals surface area contributed by atoms with E-state index in [0.29, 0.717) is 0 Å². The van der Waals surface area contributed by atoms with Crippen LogP contribution in [0.3, 0.4) is 0 Å². The van der Waals surface area contributed by atoms with Crippen molar-refractivity contribution in [2.75, 3.05) is 7.11 Å². The number of fused-ring (bicyclic) bond motifs is 4. The Morgan fingerprint density at radius 1 is 0.828 bits per heavy atom. The monoisotopic (exact) mass is 400 g/mol. The van der Waals surface area contributed by atoms with E-state index in [9.17, 15) is 0 Å². The van der Waals surface area contributed by atoms with Crippen molar-refractivity contribution in [1.29, 1.82) is 0 Å². The van der Waals surface area contributed by atoms with Crippen LogP contribution in [0.25, 0.3) is 38.2 Å². The van der Waals surface area contributed by atoms with Crippen molar-refractivity contribution in [3.8, 4) is 16.9 Å². The van der Waals surface area contributed by atoms with Crippen molar-refractivity contribution in [1.82, 2.24) is 4.98 Å². The van der Waals surface area contributed by atoms with Gasteiger partial charge < -0.3 is 17.1 Å². The van der Waals surface area contributed by atoms with Crippen LogP contribution in [0.4, 0.5) is 0 Å². The summed E-state index contributed by atoms with van der Waals surface area (Å²) in [7, 11) is 1.72. The molecule has 0 bridgehead atoms. The van der Waals surface area contributed by atoms with Gasteiger partial charge in [0, 0.05) is 35.5 Å². The van der Waals surface area contributed by atoms with E-state index in [2.05, 4.69) is 72.0 Å². The summed E-state index contributed by atoms with van der Waals surface area (Å²) in [6.07, 6.45) is 7.97. The van der Waals surface area contributed by atoms with Crippen molar-refractivity contribution < 1.29 is 21.5 Å². The topological polar surface area (TPSA) is 26.2 Å². The van der Waals surface area contributed by atoms with E-state index in [1.54, 1.807) is 7.11 Å². The van der Waals surface area contributed by atoms with Gasteiger partial charge in [0.05, 0.1) is 12.5 Å². The molecule has 2 aromatic carbocycles. The SMILES string of the molecule is COc1cc2cc[n+]3cc4cc(C)c(C)cc4cc3c2cc1-c1ccncc1.[Cl-]. The highest BCUT2D eigenvalue weighted by Crippen LogP contribution is 2.35. The zero-order valence-electron chi connectivity index (χ0n) is 16.6. The first kappa shape index (κ1) is 19.2. The third kappa shape index (κ3) is 3.18. The van der Waals surface area contributed by atoms with Crippen LogP contribution in [0.2, 0.25) is 0 Å². The highest BCUT2D eigenvalue weighted by molar-refractivity contribution is 6.01. The van der Waals surface area contributed by atoms with Crippen LogP contribution in [0.5, 0.6) is 5.75 Å². The number of halogens is 1. The maximum atomic E-state index is 5.69. The number of aryl methyl sites for hydroxylation is 2. The molecule has 5 rings (SSSR count). The quantitative estimate of drug-likeness (QED) is 0.258. The zero-order chi connectivity index (χ0) is 19.3. The minimum atomic E-state index is 0. The molecule has 0 atom stereocenters. The summed E-state index contributed by atoms with van der Waals surface area (Å²) in [6, 6.07) is 17.4. The van der Waals surface area contributed by atoms with Crippen molar-refractivity contribution >= 4 is 27.1 Å². The van der Waals surface area contributed by atoms with E-state index in [0.717, 1.165) is 22.3 Å². The summed E-state index contributed by atoms with van der Waals surface area (Å²) in [5, 5.41) is 4.88. The van der Waals surface area contributed by atoms with Gasteiger partial charge in [-0.05, 0) is 71.6 Å². The van der Waals surface area contributed by atoms with Gasteiger partial charge in [0.15, 0.2) is 12.4 Å². The Hall–Kier alpha value is -3.17. The molecule has 0 radical (unpaired) electrons. The highest BCUT2D eigenvalue weighted by atomic mass is 35.5. The Labute approximate surface area is 176 Å². The van der Waals surface area contributed by atoms with Crippen LogP contribution in [0.15, 0.2) is 73.3 Å². The average Bonchev–Trinajstić information content (AvgIpc) is 2.73. The molecule has 29 heavy (non-hydrogen) atoms. The van der Waals surface area contributed by atoms with Gasteiger partial charge in [-0.3, -0.25) is 4.98 Å². The van der Waals surface area contributed by atoms with Gasteiger partial charge in [0.25, 0.3) is 0 Å². The molecular weight excluding hydrogens is 380 g/mol. The van der Waals surface area contributed by atoms with Crippen LogP contribution in [0, 0.1) is 13.8 Å². The maximum absolute atomic E-state index is 5.69. The number of aromatic nitrogens is 2. The van der Waals surface area contributed by atoms with Gasteiger partial charge in [0.2, 0.25) is 5.52 Å². The summed E-state index contributed by atoms with van der Waals surface area (Å²) < 4.78 is 7.90. The van der Waals surface area contributed by atoms with Gasteiger partial charge in [-0.2, -0.15) is 4.40 Å². The molecule has 3 aromatic heterocycles. The van der Waals surface area contributed by atoms with Crippen LogP contribution in [-0.2, 0) is 0 Å². The molecular formula is C25H21ClN2O. The molecule has 5 aromatic rings. The predicted octanol–water partition coefficient (Wildman–Crippen LogP) is 2.42. The van der Waals surface area contributed by atoms with Gasteiger partial charge in [-0.25, -0.2) is 0 Å². The Kier molecular flexibility index (Phi) is 4.85. The van der Waals surface area contributed by atoms with Crippen molar-refractivity contribution in [3.63, 3.8) is 0 Å². The van der Waals surface area contributed by atoms with E-state index in [1.165, 1.54) is 32.8 Å². The van der Waals surface area contributed by atoms with Gasteiger partial charge >= 0.3 is 0 Å². The highest BCUT2D eigenvalue weighted by Gasteiger charge is 2.15. The van der Waals surface area contributed by atoms with Crippen LogP contribution >= 0.6 is 0 Å². The molecule has 0 unspecified atom stereocenters. The van der Waals surface area contributed by atoms with E-state index >= 15 is 0 Å². The Morgan fingerprint density at radius 2 is 1.55 bits per heavy atom. The fraction of sp³-hybridized carbons (Fsp3) is 0.120. The van der Waals surface area contributed by atoms with E-state index in [-0.39, 0.29) is 12.4 Å². The second-order valence-corrected chi connectivity index (χ2v) is 7.32. The second-order valence-electron chi connectivity index (χ2n) is 7.32. The lowest BCUT2D eigenvalue weighted by Crippen LogP contribution is -3.00. The van der Waals surface area contributed by atoms with Crippen LogP contribution < -0.4 is 21.5 Å². The van der Waals surface area contributed by atoms with E-state index in [4.69, 9.17) is 4.74 Å². The molecule has 3 nitrogen and oxygen atoms in total. The maximum Gasteiger partial charge on any atom is 0.219 e. The standard InChI is InChI=1S/C25H21N2O.ClH/c1-16-10-20-12-24-22-14-23(18-4-7-26-8-5-18)25(28-3)13-19(22)6-9-27(24)15-21(20)11-17(16)2;/h4-15H,1-3H3;1H/q+1;/p-1. The number of methoxy groups -OCH3 is 1. The third-order valence-corrected chi connectivity index (χ3v) is 5.60. The smallest absolute Gasteiger partial charge is 0.219 e. The van der Waals surface area contributed by atoms with Gasteiger partial charge in [0.1, 0.15) is 5.75 Å². The summed E-state index contributed by atoms with van der Waals surface area (Å²) >= 11 is 0. The normalized spacial score (nSPS) is 11.0. The molecule has 144 valence electrons. The number of hydrogen-bond donors (Lipinski definition) is 0. The molecule has 3 heterocycles. The van der Waals surface area contributed by atoms with Crippen molar-refractivity contribution in [3.05, 3.63) is 84.4 Å². The minimum Gasteiger partial charge on any atom is -1.00 e. The lowest BCUT2D eigenvalue weighted by Gasteiger charge is -2.11. The molecule has 0 fully saturated rings. The number of pyridine rings is 3. The molecule has 0 aliphatic heterocycles. The summed E-state index contributed by atoms with van der Waals surface area (Å²) in [5.41, 5.74) is 5.99. The average molecular weight is 401 g/mol. The Morgan fingerprint density at radius 3 is 2.28 bits per heavy atom. The Balaban J connectivity index is 0.00000205. The molecule has 0 aliphatic rings. The molecule has 4 heteroatoms. The summed E-state index contributed by atoms with van der Waals surface area (Å²) in [6.45, 7) is 4.33. The summed E-state index contributed by atoms with van der Waals surface area (Å²) in [5.74, 6) is 0.871. The number of ether oxygens (including phenoxy) is 1. The minimum absolute atomic E-state index is 0. The second kappa shape index (κ2) is 7.34. The first-order valence-corrected chi connectivity index (χ1v) is 9.41. The number of hydrogen-bond acceptors (Lipinski definition) is 2. The molecule has 0 spiro atoms. The molecule has 0 aliphatic carbocycles. The number of benzene rings is 2. The van der Waals surface area contributed by atoms with E-state index < -0.39 is 0 Å². The number of nitrogens with zero attached hydrogens (tertiary/aromatic N) is 2. The summed E-state index contributed by atoms with van der Waals surface area (Å²) in [4.78, 5) is 4.14. The number of rotatable bonds is 2. The fourth-order valence-electron chi connectivity index (χ4n) is 3.92. The first-order chi connectivity index (χ1) is 13.6. The predicted molar refractivity (Wildman–Crippen MR) is 114 cm³/mol. The van der Waals surface area contributed by atoms with Gasteiger partial charge in [-0.15, -0.1) is 0 Å². The lowest BCUT2D eigenvalue weighted by atomic mass is 9.99. The largest absolute Gasteiger partial charge is 1.00 e. The van der Waals surface area contributed by atoms with Crippen molar-refractivity contribution in [2.24, 2.45) is 0 Å². The molecule has 0 amide bonds. The third-order valence-electron chi connectivity index (χ3n) is 5.60. The lowest BCUT2D eigenvalue weighted by molar-refractivity contribution is -0.509. The molecule has 0 N–H and O–H groups in total. The van der Waals surface area contributed by atoms with Crippen molar-refractivity contribution in [2.45, 2.75) is 13.8 Å². The van der Waals surface area contributed by atoms with E-state index in [1.807, 2.05) is 24.5 Å². The van der Waals surface area contributed by atoms with Gasteiger partial charge in [-0.1, -0.05) is 6.07 Å². The first-order valence-electron chi connectivity index (χ1n) is 9.41. The Bertz CT molecular complexity index is 1360. The fourth-order valence-corrected chi connectivity index (χ4v) is 3.92.